The summed E-state index contributed by atoms with van der Waals surface area (Å²) in [6, 6.07) is 0. The van der Waals surface area contributed by atoms with Crippen LogP contribution in [0.3, 0.4) is 0 Å². The molecule has 0 heterocycles. The second-order valence-corrected chi connectivity index (χ2v) is 9.44. The number of rotatable bonds is 5. The van der Waals surface area contributed by atoms with Crippen LogP contribution in [0.25, 0.3) is 0 Å². The molecular weight excluding hydrogens is 263 g/mol. The van der Waals surface area contributed by atoms with Crippen LogP contribution < -0.4 is 0 Å². The molecule has 0 radical (unpaired) electrons. The van der Waals surface area contributed by atoms with E-state index in [1.165, 1.54) is 0 Å². The fraction of sp³-hybridized carbons (Fsp3) is 0.909. The van der Waals surface area contributed by atoms with E-state index >= 15 is 0 Å². The first-order valence-corrected chi connectivity index (χ1v) is 8.94. The lowest BCUT2D eigenvalue weighted by Gasteiger charge is -2.34. The van der Waals surface area contributed by atoms with Crippen LogP contribution in [0.1, 0.15) is 27.2 Å². The predicted octanol–water partition coefficient (Wildman–Crippen LogP) is 1.64. The molecule has 0 spiro atoms. The molecular formula is C11H22ClFO3Si. The maximum Gasteiger partial charge on any atom is 0.255 e. The molecule has 0 aliphatic heterocycles. The SMILES string of the molecule is C[SiH](C)[C@@](F)(C[C@H](O)C(O)C(C)(C)C)C(=O)Cl. The minimum absolute atomic E-state index is 0.433. The summed E-state index contributed by atoms with van der Waals surface area (Å²) in [5.41, 5.74) is -0.575. The van der Waals surface area contributed by atoms with E-state index in [2.05, 4.69) is 0 Å². The number of aliphatic hydroxyl groups excluding tert-OH is 2. The third-order valence-corrected chi connectivity index (χ3v) is 5.83. The number of alkyl halides is 1. The van der Waals surface area contributed by atoms with E-state index in [4.69, 9.17) is 11.6 Å². The molecule has 0 aliphatic rings. The highest BCUT2D eigenvalue weighted by Gasteiger charge is 2.45. The van der Waals surface area contributed by atoms with Gasteiger partial charge in [0.2, 0.25) is 0 Å². The average molecular weight is 285 g/mol. The minimum Gasteiger partial charge on any atom is -0.390 e. The summed E-state index contributed by atoms with van der Waals surface area (Å²) in [5.74, 6) is 0. The van der Waals surface area contributed by atoms with E-state index < -0.39 is 43.4 Å². The third-order valence-electron chi connectivity index (χ3n) is 3.00. The highest BCUT2D eigenvalue weighted by atomic mass is 35.5. The molecule has 6 heteroatoms. The fourth-order valence-electron chi connectivity index (χ4n) is 1.54. The third kappa shape index (κ3) is 4.32. The van der Waals surface area contributed by atoms with Crippen LogP contribution in [-0.2, 0) is 4.79 Å². The quantitative estimate of drug-likeness (QED) is 0.596. The molecule has 3 atom stereocenters. The second-order valence-electron chi connectivity index (χ2n) is 5.87. The molecule has 102 valence electrons. The lowest BCUT2D eigenvalue weighted by molar-refractivity contribution is -0.122. The van der Waals surface area contributed by atoms with Gasteiger partial charge in [-0.25, -0.2) is 4.39 Å². The van der Waals surface area contributed by atoms with Crippen LogP contribution in [-0.4, -0.2) is 41.8 Å². The zero-order valence-electron chi connectivity index (χ0n) is 11.0. The summed E-state index contributed by atoms with van der Waals surface area (Å²) in [5, 5.41) is 16.4. The van der Waals surface area contributed by atoms with E-state index in [1.807, 2.05) is 0 Å². The number of carbonyl (C=O) groups is 1. The molecule has 0 aromatic heterocycles. The molecule has 0 aliphatic carbocycles. The lowest BCUT2D eigenvalue weighted by Crippen LogP contribution is -2.50. The first-order chi connectivity index (χ1) is 7.43. The maximum absolute atomic E-state index is 14.3. The summed E-state index contributed by atoms with van der Waals surface area (Å²) in [4.78, 5) is 11.1. The highest BCUT2D eigenvalue weighted by Crippen LogP contribution is 2.30. The Morgan fingerprint density at radius 1 is 1.35 bits per heavy atom. The van der Waals surface area contributed by atoms with E-state index in [9.17, 15) is 19.4 Å². The molecule has 3 nitrogen and oxygen atoms in total. The van der Waals surface area contributed by atoms with Gasteiger partial charge in [-0.15, -0.1) is 0 Å². The molecule has 0 aromatic carbocycles. The Morgan fingerprint density at radius 3 is 2.00 bits per heavy atom. The Bertz CT molecular complexity index is 280. The van der Waals surface area contributed by atoms with Crippen LogP contribution in [0.15, 0.2) is 0 Å². The smallest absolute Gasteiger partial charge is 0.255 e. The van der Waals surface area contributed by atoms with Gasteiger partial charge in [-0.3, -0.25) is 4.79 Å². The highest BCUT2D eigenvalue weighted by molar-refractivity contribution is 6.77. The number of carbonyl (C=O) groups excluding carboxylic acids is 1. The van der Waals surface area contributed by atoms with Crippen LogP contribution in [0.5, 0.6) is 0 Å². The van der Waals surface area contributed by atoms with E-state index in [1.54, 1.807) is 33.9 Å². The summed E-state index contributed by atoms with van der Waals surface area (Å²) >= 11 is 5.27. The van der Waals surface area contributed by atoms with Gasteiger partial charge in [0, 0.05) is 6.42 Å². The van der Waals surface area contributed by atoms with Crippen LogP contribution in [0.2, 0.25) is 13.1 Å². The van der Waals surface area contributed by atoms with Gasteiger partial charge in [-0.2, -0.15) is 0 Å². The lowest BCUT2D eigenvalue weighted by atomic mass is 9.84. The van der Waals surface area contributed by atoms with Crippen molar-refractivity contribution < 1.29 is 19.4 Å². The average Bonchev–Trinajstić information content (AvgIpc) is 2.14. The fourth-order valence-corrected chi connectivity index (χ4v) is 3.43. The summed E-state index contributed by atoms with van der Waals surface area (Å²) < 4.78 is 14.3. The van der Waals surface area contributed by atoms with E-state index in [-0.39, 0.29) is 0 Å². The molecule has 2 N–H and O–H groups in total. The Balaban J connectivity index is 4.87. The molecule has 0 amide bonds. The van der Waals surface area contributed by atoms with E-state index in [0.29, 0.717) is 0 Å². The summed E-state index contributed by atoms with van der Waals surface area (Å²) in [7, 11) is -2.03. The van der Waals surface area contributed by atoms with Crippen molar-refractivity contribution in [2.24, 2.45) is 5.41 Å². The maximum atomic E-state index is 14.3. The van der Waals surface area contributed by atoms with Gasteiger partial charge in [0.25, 0.3) is 5.24 Å². The normalized spacial score (nSPS) is 19.9. The van der Waals surface area contributed by atoms with Crippen LogP contribution >= 0.6 is 11.6 Å². The minimum atomic E-state index is -2.17. The van der Waals surface area contributed by atoms with Crippen molar-refractivity contribution >= 4 is 25.6 Å². The van der Waals surface area contributed by atoms with Crippen molar-refractivity contribution in [2.75, 3.05) is 0 Å². The van der Waals surface area contributed by atoms with Crippen LogP contribution in [0, 0.1) is 5.41 Å². The molecule has 0 saturated carbocycles. The van der Waals surface area contributed by atoms with Crippen molar-refractivity contribution in [3.8, 4) is 0 Å². The Labute approximate surface area is 109 Å². The number of aliphatic hydroxyl groups is 2. The zero-order chi connectivity index (χ0) is 14.0. The Morgan fingerprint density at radius 2 is 1.76 bits per heavy atom. The van der Waals surface area contributed by atoms with Gasteiger partial charge in [-0.1, -0.05) is 33.9 Å². The molecule has 0 bridgehead atoms. The molecule has 0 rings (SSSR count). The van der Waals surface area contributed by atoms with Crippen molar-refractivity contribution in [2.45, 2.75) is 57.8 Å². The topological polar surface area (TPSA) is 57.5 Å². The van der Waals surface area contributed by atoms with Gasteiger partial charge in [0.05, 0.1) is 21.0 Å². The molecule has 17 heavy (non-hydrogen) atoms. The number of hydrogen-bond donors (Lipinski definition) is 2. The summed E-state index contributed by atoms with van der Waals surface area (Å²) in [6.07, 6.45) is -2.82. The standard InChI is InChI=1S/C11H22ClFO3Si/c1-10(2,3)8(15)7(14)6-11(13,9(12)16)17(4)5/h7-8,14-15,17H,6H2,1-5H3/t7-,8?,11-/m0/s1. The van der Waals surface area contributed by atoms with Gasteiger partial charge in [0.15, 0.2) is 5.29 Å². The van der Waals surface area contributed by atoms with Crippen molar-refractivity contribution in [1.82, 2.24) is 0 Å². The largest absolute Gasteiger partial charge is 0.390 e. The predicted molar refractivity (Wildman–Crippen MR) is 69.7 cm³/mol. The molecule has 0 saturated heterocycles. The number of hydrogen-bond acceptors (Lipinski definition) is 3. The van der Waals surface area contributed by atoms with Crippen molar-refractivity contribution in [3.63, 3.8) is 0 Å². The monoisotopic (exact) mass is 284 g/mol. The van der Waals surface area contributed by atoms with Crippen LogP contribution in [0.4, 0.5) is 4.39 Å². The molecule has 0 fully saturated rings. The van der Waals surface area contributed by atoms with Crippen molar-refractivity contribution in [3.05, 3.63) is 0 Å². The Kier molecular flexibility index (Phi) is 5.79. The first kappa shape index (κ1) is 17.0. The van der Waals surface area contributed by atoms with Crippen molar-refractivity contribution in [1.29, 1.82) is 0 Å². The number of halogens is 2. The van der Waals surface area contributed by atoms with Gasteiger partial charge >= 0.3 is 0 Å². The van der Waals surface area contributed by atoms with Gasteiger partial charge < -0.3 is 10.2 Å². The van der Waals surface area contributed by atoms with Gasteiger partial charge in [-0.05, 0) is 17.0 Å². The molecule has 0 aromatic rings. The van der Waals surface area contributed by atoms with E-state index in [0.717, 1.165) is 0 Å². The first-order valence-electron chi connectivity index (χ1n) is 5.68. The summed E-state index contributed by atoms with van der Waals surface area (Å²) in [6.45, 7) is 8.50. The molecule has 1 unspecified atom stereocenters. The second kappa shape index (κ2) is 5.78. The van der Waals surface area contributed by atoms with Gasteiger partial charge in [0.1, 0.15) is 0 Å². The Hall–Kier alpha value is 0.0269. The zero-order valence-corrected chi connectivity index (χ0v) is 12.9.